The number of hydrogen-bond donors (Lipinski definition) is 0. The van der Waals surface area contributed by atoms with Crippen LogP contribution >= 0.6 is 27.5 Å². The molecule has 0 radical (unpaired) electrons. The number of rotatable bonds is 1. The predicted octanol–water partition coefficient (Wildman–Crippen LogP) is 2.59. The van der Waals surface area contributed by atoms with E-state index < -0.39 is 0 Å². The molecule has 0 fully saturated rings. The molecule has 0 saturated carbocycles. The van der Waals surface area contributed by atoms with E-state index in [1.165, 1.54) is 6.20 Å². The van der Waals surface area contributed by atoms with Gasteiger partial charge >= 0.3 is 0 Å². The van der Waals surface area contributed by atoms with E-state index in [-0.39, 0.29) is 4.83 Å². The fourth-order valence-corrected chi connectivity index (χ4v) is 0.862. The Labute approximate surface area is 72.8 Å². The number of aromatic nitrogens is 2. The van der Waals surface area contributed by atoms with E-state index in [9.17, 15) is 0 Å². The van der Waals surface area contributed by atoms with Gasteiger partial charge < -0.3 is 0 Å². The summed E-state index contributed by atoms with van der Waals surface area (Å²) in [5.74, 6) is 0. The zero-order valence-electron chi connectivity index (χ0n) is 5.38. The molecule has 10 heavy (non-hydrogen) atoms. The zero-order chi connectivity index (χ0) is 7.56. The molecule has 1 atom stereocenters. The normalized spacial score (nSPS) is 13.1. The fraction of sp³-hybridized carbons (Fsp3) is 0.333. The molecule has 1 rings (SSSR count). The highest BCUT2D eigenvalue weighted by molar-refractivity contribution is 9.09. The van der Waals surface area contributed by atoms with Gasteiger partial charge in [0.1, 0.15) is 5.15 Å². The van der Waals surface area contributed by atoms with Crippen molar-refractivity contribution in [2.75, 3.05) is 0 Å². The second-order valence-electron chi connectivity index (χ2n) is 1.88. The summed E-state index contributed by atoms with van der Waals surface area (Å²) >= 11 is 8.89. The van der Waals surface area contributed by atoms with Crippen LogP contribution in [0, 0.1) is 0 Å². The van der Waals surface area contributed by atoms with Crippen LogP contribution in [0.5, 0.6) is 0 Å². The topological polar surface area (TPSA) is 25.8 Å². The molecule has 0 bridgehead atoms. The van der Waals surface area contributed by atoms with Gasteiger partial charge in [-0.1, -0.05) is 27.5 Å². The van der Waals surface area contributed by atoms with Crippen LogP contribution in [-0.2, 0) is 0 Å². The van der Waals surface area contributed by atoms with E-state index in [1.54, 1.807) is 6.20 Å². The molecule has 1 heterocycles. The Balaban J connectivity index is 2.89. The third kappa shape index (κ3) is 1.92. The Morgan fingerprint density at radius 2 is 2.20 bits per heavy atom. The minimum atomic E-state index is 0.234. The van der Waals surface area contributed by atoms with Crippen molar-refractivity contribution >= 4 is 27.5 Å². The van der Waals surface area contributed by atoms with Crippen LogP contribution in [0.4, 0.5) is 0 Å². The summed E-state index contributed by atoms with van der Waals surface area (Å²) in [5, 5.41) is 0.428. The van der Waals surface area contributed by atoms with Gasteiger partial charge in [0.15, 0.2) is 0 Å². The van der Waals surface area contributed by atoms with Crippen LogP contribution in [0.3, 0.4) is 0 Å². The molecule has 0 N–H and O–H groups in total. The van der Waals surface area contributed by atoms with Crippen molar-refractivity contribution in [1.29, 1.82) is 0 Å². The number of nitrogens with zero attached hydrogens (tertiary/aromatic N) is 2. The van der Waals surface area contributed by atoms with Crippen molar-refractivity contribution in [2.24, 2.45) is 0 Å². The maximum atomic E-state index is 5.53. The van der Waals surface area contributed by atoms with Gasteiger partial charge in [-0.2, -0.15) is 0 Å². The second kappa shape index (κ2) is 3.30. The Bertz CT molecular complexity index is 209. The highest BCUT2D eigenvalue weighted by Gasteiger charge is 2.00. The highest BCUT2D eigenvalue weighted by Crippen LogP contribution is 2.18. The van der Waals surface area contributed by atoms with E-state index in [2.05, 4.69) is 25.9 Å². The molecular formula is C6H6BrClN2. The van der Waals surface area contributed by atoms with Gasteiger partial charge in [0.25, 0.3) is 0 Å². The summed E-state index contributed by atoms with van der Waals surface area (Å²) < 4.78 is 0. The van der Waals surface area contributed by atoms with Crippen molar-refractivity contribution in [2.45, 2.75) is 11.8 Å². The first-order chi connectivity index (χ1) is 4.70. The summed E-state index contributed by atoms with van der Waals surface area (Å²) in [6.07, 6.45) is 3.19. The maximum Gasteiger partial charge on any atom is 0.147 e. The first kappa shape index (κ1) is 7.95. The largest absolute Gasteiger partial charge is 0.255 e. The summed E-state index contributed by atoms with van der Waals surface area (Å²) in [4.78, 5) is 8.14. The molecule has 1 aromatic heterocycles. The van der Waals surface area contributed by atoms with Crippen LogP contribution in [0.2, 0.25) is 5.15 Å². The van der Waals surface area contributed by atoms with E-state index in [0.717, 1.165) is 5.69 Å². The summed E-state index contributed by atoms with van der Waals surface area (Å²) in [6.45, 7) is 1.98. The molecule has 0 amide bonds. The zero-order valence-corrected chi connectivity index (χ0v) is 7.72. The standard InChI is InChI=1S/C6H6BrClN2/c1-4(7)5-2-10-6(8)3-9-5/h2-4H,1H3/t4-/m1/s1. The molecule has 0 aliphatic carbocycles. The fourth-order valence-electron chi connectivity index (χ4n) is 0.528. The number of alkyl halides is 1. The predicted molar refractivity (Wildman–Crippen MR) is 44.4 cm³/mol. The monoisotopic (exact) mass is 220 g/mol. The van der Waals surface area contributed by atoms with E-state index in [0.29, 0.717) is 5.15 Å². The van der Waals surface area contributed by atoms with Gasteiger partial charge in [-0.15, -0.1) is 0 Å². The molecule has 4 heteroatoms. The van der Waals surface area contributed by atoms with Crippen LogP contribution < -0.4 is 0 Å². The third-order valence-electron chi connectivity index (χ3n) is 1.05. The van der Waals surface area contributed by atoms with E-state index >= 15 is 0 Å². The summed E-state index contributed by atoms with van der Waals surface area (Å²) in [5.41, 5.74) is 0.893. The molecule has 0 aliphatic rings. The maximum absolute atomic E-state index is 5.53. The van der Waals surface area contributed by atoms with Gasteiger partial charge in [-0.05, 0) is 6.92 Å². The highest BCUT2D eigenvalue weighted by atomic mass is 79.9. The van der Waals surface area contributed by atoms with Gasteiger partial charge in [-0.25, -0.2) is 4.98 Å². The smallest absolute Gasteiger partial charge is 0.147 e. The van der Waals surface area contributed by atoms with Crippen LogP contribution in [0.15, 0.2) is 12.4 Å². The van der Waals surface area contributed by atoms with E-state index in [1.807, 2.05) is 6.92 Å². The Kier molecular flexibility index (Phi) is 2.63. The first-order valence-electron chi connectivity index (χ1n) is 2.81. The lowest BCUT2D eigenvalue weighted by Crippen LogP contribution is -1.89. The molecule has 2 nitrogen and oxygen atoms in total. The van der Waals surface area contributed by atoms with Crippen molar-refractivity contribution in [3.05, 3.63) is 23.2 Å². The van der Waals surface area contributed by atoms with Crippen LogP contribution in [-0.4, -0.2) is 9.97 Å². The molecule has 0 spiro atoms. The lowest BCUT2D eigenvalue weighted by atomic mass is 10.4. The third-order valence-corrected chi connectivity index (χ3v) is 1.71. The molecule has 1 aromatic rings. The average Bonchev–Trinajstić information content (AvgIpc) is 1.88. The van der Waals surface area contributed by atoms with Crippen LogP contribution in [0.1, 0.15) is 17.4 Å². The van der Waals surface area contributed by atoms with Crippen molar-refractivity contribution in [1.82, 2.24) is 9.97 Å². The van der Waals surface area contributed by atoms with Crippen molar-refractivity contribution in [3.8, 4) is 0 Å². The number of halogens is 2. The van der Waals surface area contributed by atoms with Gasteiger partial charge in [-0.3, -0.25) is 4.98 Å². The quantitative estimate of drug-likeness (QED) is 0.681. The van der Waals surface area contributed by atoms with Crippen molar-refractivity contribution in [3.63, 3.8) is 0 Å². The number of hydrogen-bond acceptors (Lipinski definition) is 2. The van der Waals surface area contributed by atoms with Gasteiger partial charge in [0.2, 0.25) is 0 Å². The Morgan fingerprint density at radius 3 is 2.60 bits per heavy atom. The summed E-state index contributed by atoms with van der Waals surface area (Å²) in [7, 11) is 0. The molecule has 0 saturated heterocycles. The van der Waals surface area contributed by atoms with Crippen LogP contribution in [0.25, 0.3) is 0 Å². The lowest BCUT2D eigenvalue weighted by Gasteiger charge is -1.99. The van der Waals surface area contributed by atoms with E-state index in [4.69, 9.17) is 11.6 Å². The SMILES string of the molecule is C[C@@H](Br)c1cnc(Cl)cn1. The molecule has 0 aliphatic heterocycles. The Hall–Kier alpha value is -0.150. The average molecular weight is 221 g/mol. The first-order valence-corrected chi connectivity index (χ1v) is 4.11. The van der Waals surface area contributed by atoms with Crippen molar-refractivity contribution < 1.29 is 0 Å². The molecule has 54 valence electrons. The minimum Gasteiger partial charge on any atom is -0.255 e. The van der Waals surface area contributed by atoms with Gasteiger partial charge in [0.05, 0.1) is 22.9 Å². The summed E-state index contributed by atoms with van der Waals surface area (Å²) in [6, 6.07) is 0. The molecule has 0 unspecified atom stereocenters. The second-order valence-corrected chi connectivity index (χ2v) is 3.64. The Morgan fingerprint density at radius 1 is 1.50 bits per heavy atom. The molecule has 0 aromatic carbocycles. The molecular weight excluding hydrogens is 215 g/mol. The van der Waals surface area contributed by atoms with Gasteiger partial charge in [0, 0.05) is 0 Å². The minimum absolute atomic E-state index is 0.234. The lowest BCUT2D eigenvalue weighted by molar-refractivity contribution is 0.991.